The van der Waals surface area contributed by atoms with Crippen molar-refractivity contribution in [1.82, 2.24) is 9.07 Å². The SMILES string of the molecule is COc1ccc(NC2=CC(c3c(C)ncccc(N4CCCCC4)cn3Cl)=CCC2C)cc1. The van der Waals surface area contributed by atoms with E-state index in [0.717, 1.165) is 59.3 Å². The van der Waals surface area contributed by atoms with Gasteiger partial charge in [0.2, 0.25) is 0 Å². The van der Waals surface area contributed by atoms with Gasteiger partial charge < -0.3 is 15.0 Å². The van der Waals surface area contributed by atoms with Gasteiger partial charge in [0.15, 0.2) is 0 Å². The maximum atomic E-state index is 6.91. The van der Waals surface area contributed by atoms with Crippen LogP contribution in [0.2, 0.25) is 0 Å². The Morgan fingerprint density at radius 2 is 1.85 bits per heavy atom. The van der Waals surface area contributed by atoms with Gasteiger partial charge in [-0.25, -0.2) is 0 Å². The van der Waals surface area contributed by atoms with Crippen LogP contribution < -0.4 is 15.0 Å². The van der Waals surface area contributed by atoms with Crippen molar-refractivity contribution in [2.75, 3.05) is 30.4 Å². The molecule has 1 fully saturated rings. The monoisotopic (exact) mass is 464 g/mol. The molecule has 1 aliphatic carbocycles. The van der Waals surface area contributed by atoms with Crippen LogP contribution in [0.5, 0.6) is 5.75 Å². The van der Waals surface area contributed by atoms with Crippen LogP contribution in [0.4, 0.5) is 11.4 Å². The minimum Gasteiger partial charge on any atom is -0.497 e. The van der Waals surface area contributed by atoms with E-state index < -0.39 is 0 Å². The van der Waals surface area contributed by atoms with Crippen molar-refractivity contribution in [3.63, 3.8) is 0 Å². The maximum absolute atomic E-state index is 6.91. The van der Waals surface area contributed by atoms with Crippen molar-refractivity contribution < 1.29 is 4.74 Å². The molecule has 1 unspecified atom stereocenters. The Hall–Kier alpha value is -2.92. The zero-order chi connectivity index (χ0) is 23.2. The number of allylic oxidation sites excluding steroid dienone is 4. The lowest BCUT2D eigenvalue weighted by atomic mass is 9.92. The fourth-order valence-corrected chi connectivity index (χ4v) is 4.69. The molecular formula is C27H33ClN4O. The highest BCUT2D eigenvalue weighted by molar-refractivity contribution is 6.16. The molecular weight excluding hydrogens is 432 g/mol. The second-order valence-electron chi connectivity index (χ2n) is 8.73. The van der Waals surface area contributed by atoms with E-state index in [0.29, 0.717) is 5.92 Å². The molecule has 0 radical (unpaired) electrons. The highest BCUT2D eigenvalue weighted by Gasteiger charge is 2.18. The predicted molar refractivity (Wildman–Crippen MR) is 138 cm³/mol. The van der Waals surface area contributed by atoms with Crippen molar-refractivity contribution in [3.05, 3.63) is 78.0 Å². The molecule has 2 aliphatic rings. The molecule has 2 aromatic rings. The summed E-state index contributed by atoms with van der Waals surface area (Å²) in [6.07, 6.45) is 13.0. The summed E-state index contributed by atoms with van der Waals surface area (Å²) < 4.78 is 7.00. The van der Waals surface area contributed by atoms with Crippen LogP contribution in [0.1, 0.15) is 44.0 Å². The topological polar surface area (TPSA) is 42.3 Å². The van der Waals surface area contributed by atoms with Gasteiger partial charge in [-0.15, -0.1) is 0 Å². The van der Waals surface area contributed by atoms with Gasteiger partial charge in [0.05, 0.1) is 24.2 Å². The summed E-state index contributed by atoms with van der Waals surface area (Å²) in [5, 5.41) is 3.59. The van der Waals surface area contributed by atoms with Gasteiger partial charge in [0.1, 0.15) is 5.75 Å². The standard InChI is InChI=1S/C27H33ClN4O/c1-20-9-10-22(18-26(20)30-23-11-13-25(33-3)14-12-23)27-21(2)29-15-7-8-24(19-32(27)28)31-16-5-4-6-17-31/h7-8,10-15,18-20,30H,4-6,9,16-17H2,1-3H3. The zero-order valence-electron chi connectivity index (χ0n) is 19.7. The highest BCUT2D eigenvalue weighted by atomic mass is 35.5. The molecule has 1 atom stereocenters. The van der Waals surface area contributed by atoms with Gasteiger partial charge >= 0.3 is 0 Å². The first-order chi connectivity index (χ1) is 16.0. The van der Waals surface area contributed by atoms with Gasteiger partial charge in [-0.1, -0.05) is 13.0 Å². The minimum absolute atomic E-state index is 0.376. The van der Waals surface area contributed by atoms with Gasteiger partial charge in [-0.3, -0.25) is 9.07 Å². The summed E-state index contributed by atoms with van der Waals surface area (Å²) in [7, 11) is 1.68. The molecule has 6 heteroatoms. The molecule has 1 aromatic heterocycles. The first-order valence-electron chi connectivity index (χ1n) is 11.7. The van der Waals surface area contributed by atoms with Crippen molar-refractivity contribution in [2.24, 2.45) is 5.92 Å². The Morgan fingerprint density at radius 3 is 2.58 bits per heavy atom. The van der Waals surface area contributed by atoms with E-state index in [1.807, 2.05) is 49.6 Å². The third-order valence-electron chi connectivity index (χ3n) is 6.33. The molecule has 0 saturated carbocycles. The van der Waals surface area contributed by atoms with Crippen molar-refractivity contribution >= 4 is 28.7 Å². The van der Waals surface area contributed by atoms with Gasteiger partial charge in [-0.2, -0.15) is 0 Å². The molecule has 0 amide bonds. The molecule has 1 N–H and O–H groups in total. The number of nitrogens with zero attached hydrogens (tertiary/aromatic N) is 3. The molecule has 1 aromatic carbocycles. The lowest BCUT2D eigenvalue weighted by Gasteiger charge is -2.28. The Bertz CT molecular complexity index is 1080. The Labute approximate surface area is 202 Å². The number of anilines is 2. The summed E-state index contributed by atoms with van der Waals surface area (Å²) in [6.45, 7) is 6.37. The van der Waals surface area contributed by atoms with Gasteiger partial charge in [-0.05, 0) is 86.6 Å². The lowest BCUT2D eigenvalue weighted by Crippen LogP contribution is -2.29. The van der Waals surface area contributed by atoms with Crippen molar-refractivity contribution in [3.8, 4) is 5.75 Å². The van der Waals surface area contributed by atoms with E-state index in [1.165, 1.54) is 19.3 Å². The molecule has 1 saturated heterocycles. The smallest absolute Gasteiger partial charge is 0.119 e. The third-order valence-corrected chi connectivity index (χ3v) is 6.60. The summed E-state index contributed by atoms with van der Waals surface area (Å²) in [5.74, 6) is 1.22. The van der Waals surface area contributed by atoms with Gasteiger partial charge in [0, 0.05) is 48.6 Å². The number of halogens is 1. The second kappa shape index (κ2) is 10.8. The van der Waals surface area contributed by atoms with E-state index in [2.05, 4.69) is 40.3 Å². The van der Waals surface area contributed by atoms with Crippen molar-refractivity contribution in [2.45, 2.75) is 39.5 Å². The average molecular weight is 465 g/mol. The van der Waals surface area contributed by atoms with Crippen LogP contribution in [0.15, 0.2) is 66.6 Å². The summed E-state index contributed by atoms with van der Waals surface area (Å²) in [6, 6.07) is 12.1. The molecule has 2 heterocycles. The molecule has 1 aliphatic heterocycles. The van der Waals surface area contributed by atoms with Crippen LogP contribution in [-0.4, -0.2) is 29.3 Å². The van der Waals surface area contributed by atoms with E-state index >= 15 is 0 Å². The predicted octanol–water partition coefficient (Wildman–Crippen LogP) is 6.74. The van der Waals surface area contributed by atoms with Crippen molar-refractivity contribution in [1.29, 1.82) is 0 Å². The highest BCUT2D eigenvalue weighted by Crippen LogP contribution is 2.32. The number of aryl methyl sites for hydroxylation is 1. The molecule has 4 rings (SSSR count). The Balaban J connectivity index is 1.70. The normalized spacial score (nSPS) is 18.2. The Kier molecular flexibility index (Phi) is 7.61. The number of benzene rings is 1. The first kappa shape index (κ1) is 23.2. The number of piperidine rings is 1. The average Bonchev–Trinajstić information content (AvgIpc) is 2.90. The van der Waals surface area contributed by atoms with Crippen LogP contribution >= 0.6 is 11.8 Å². The van der Waals surface area contributed by atoms with Crippen LogP contribution in [0.3, 0.4) is 0 Å². The number of hydrogen-bond acceptors (Lipinski definition) is 4. The number of hydrogen-bond donors (Lipinski definition) is 1. The molecule has 0 bridgehead atoms. The Morgan fingerprint density at radius 1 is 1.09 bits per heavy atom. The van der Waals surface area contributed by atoms with Gasteiger partial charge in [0.25, 0.3) is 0 Å². The summed E-state index contributed by atoms with van der Waals surface area (Å²) >= 11 is 6.91. The largest absolute Gasteiger partial charge is 0.497 e. The second-order valence-corrected chi connectivity index (χ2v) is 9.10. The quantitative estimate of drug-likeness (QED) is 0.532. The number of methoxy groups -OCH3 is 1. The van der Waals surface area contributed by atoms with Crippen LogP contribution in [0, 0.1) is 12.8 Å². The molecule has 33 heavy (non-hydrogen) atoms. The fourth-order valence-electron chi connectivity index (χ4n) is 4.37. The maximum Gasteiger partial charge on any atom is 0.119 e. The van der Waals surface area contributed by atoms with Crippen LogP contribution in [-0.2, 0) is 0 Å². The third kappa shape index (κ3) is 5.72. The summed E-state index contributed by atoms with van der Waals surface area (Å²) in [5.41, 5.74) is 6.18. The van der Waals surface area contributed by atoms with Crippen LogP contribution in [0.25, 0.3) is 5.57 Å². The van der Waals surface area contributed by atoms with E-state index in [-0.39, 0.29) is 0 Å². The van der Waals surface area contributed by atoms with E-state index in [4.69, 9.17) is 16.5 Å². The summed E-state index contributed by atoms with van der Waals surface area (Å²) in [4.78, 5) is 7.07. The molecule has 0 spiro atoms. The van der Waals surface area contributed by atoms with E-state index in [9.17, 15) is 0 Å². The lowest BCUT2D eigenvalue weighted by molar-refractivity contribution is 0.415. The number of ether oxygens (including phenoxy) is 1. The molecule has 5 nitrogen and oxygen atoms in total. The first-order valence-corrected chi connectivity index (χ1v) is 12.1. The zero-order valence-corrected chi connectivity index (χ0v) is 20.5. The number of aromatic nitrogens is 2. The number of rotatable bonds is 5. The molecule has 174 valence electrons. The van der Waals surface area contributed by atoms with E-state index in [1.54, 1.807) is 11.2 Å². The number of nitrogens with one attached hydrogen (secondary N) is 1. The fraction of sp³-hybridized carbons (Fsp3) is 0.370. The minimum atomic E-state index is 0.376.